The Morgan fingerprint density at radius 3 is 2.81 bits per heavy atom. The summed E-state index contributed by atoms with van der Waals surface area (Å²) in [5.41, 5.74) is 1.77. The lowest BCUT2D eigenvalue weighted by Gasteiger charge is -2.50. The summed E-state index contributed by atoms with van der Waals surface area (Å²) in [5, 5.41) is 3.60. The van der Waals surface area contributed by atoms with E-state index in [1.54, 1.807) is 4.90 Å². The summed E-state index contributed by atoms with van der Waals surface area (Å²) < 4.78 is 0. The Bertz CT molecular complexity index is 612. The number of fused-ring (bicyclic) bond motifs is 1. The van der Waals surface area contributed by atoms with Gasteiger partial charge >= 0.3 is 0 Å². The SMILES string of the molecule is CC1=C(Cl)CCC2C(NC(=O)Cc3ccccc3)C(=O)N12. The van der Waals surface area contributed by atoms with Crippen molar-refractivity contribution in [1.82, 2.24) is 10.2 Å². The van der Waals surface area contributed by atoms with E-state index in [1.807, 2.05) is 37.3 Å². The van der Waals surface area contributed by atoms with E-state index in [4.69, 9.17) is 11.6 Å². The van der Waals surface area contributed by atoms with Crippen molar-refractivity contribution < 1.29 is 9.59 Å². The van der Waals surface area contributed by atoms with Gasteiger partial charge in [-0.3, -0.25) is 9.59 Å². The minimum Gasteiger partial charge on any atom is -0.342 e. The maximum atomic E-state index is 12.2. The van der Waals surface area contributed by atoms with Gasteiger partial charge in [0.1, 0.15) is 6.04 Å². The van der Waals surface area contributed by atoms with Gasteiger partial charge in [-0.1, -0.05) is 41.9 Å². The van der Waals surface area contributed by atoms with Crippen LogP contribution < -0.4 is 5.32 Å². The molecule has 1 N–H and O–H groups in total. The number of halogens is 1. The van der Waals surface area contributed by atoms with Crippen molar-refractivity contribution in [2.75, 3.05) is 0 Å². The Kier molecular flexibility index (Phi) is 3.72. The van der Waals surface area contributed by atoms with Gasteiger partial charge in [0.15, 0.2) is 0 Å². The molecule has 0 radical (unpaired) electrons. The average Bonchev–Trinajstić information content (AvgIpc) is 2.48. The molecule has 110 valence electrons. The van der Waals surface area contributed by atoms with Crippen molar-refractivity contribution in [3.63, 3.8) is 0 Å². The van der Waals surface area contributed by atoms with Crippen molar-refractivity contribution >= 4 is 23.4 Å². The highest BCUT2D eigenvalue weighted by molar-refractivity contribution is 6.30. The third kappa shape index (κ3) is 2.56. The average molecular weight is 305 g/mol. The maximum Gasteiger partial charge on any atom is 0.251 e. The fourth-order valence-electron chi connectivity index (χ4n) is 3.00. The summed E-state index contributed by atoms with van der Waals surface area (Å²) in [7, 11) is 0. The first-order chi connectivity index (χ1) is 10.1. The molecule has 21 heavy (non-hydrogen) atoms. The predicted octanol–water partition coefficient (Wildman–Crippen LogP) is 2.19. The van der Waals surface area contributed by atoms with Crippen LogP contribution in [0.2, 0.25) is 0 Å². The van der Waals surface area contributed by atoms with Crippen LogP contribution in [0.1, 0.15) is 25.3 Å². The van der Waals surface area contributed by atoms with Crippen molar-refractivity contribution in [2.45, 2.75) is 38.3 Å². The zero-order valence-electron chi connectivity index (χ0n) is 11.8. The van der Waals surface area contributed by atoms with E-state index in [-0.39, 0.29) is 17.9 Å². The molecule has 4 nitrogen and oxygen atoms in total. The number of carbonyl (C=O) groups is 2. The molecule has 2 heterocycles. The largest absolute Gasteiger partial charge is 0.342 e. The number of hydrogen-bond donors (Lipinski definition) is 1. The van der Waals surface area contributed by atoms with Gasteiger partial charge in [-0.15, -0.1) is 0 Å². The van der Waals surface area contributed by atoms with Crippen LogP contribution in [-0.4, -0.2) is 28.8 Å². The maximum absolute atomic E-state index is 12.2. The number of rotatable bonds is 3. The number of β-lactam (4-membered cyclic amide) rings is 1. The van der Waals surface area contributed by atoms with Gasteiger partial charge in [0, 0.05) is 10.7 Å². The van der Waals surface area contributed by atoms with Crippen LogP contribution in [-0.2, 0) is 16.0 Å². The summed E-state index contributed by atoms with van der Waals surface area (Å²) in [6, 6.07) is 9.17. The molecule has 1 fully saturated rings. The zero-order chi connectivity index (χ0) is 15.0. The van der Waals surface area contributed by atoms with Crippen molar-refractivity contribution in [1.29, 1.82) is 0 Å². The highest BCUT2D eigenvalue weighted by Gasteiger charge is 2.50. The van der Waals surface area contributed by atoms with Crippen LogP contribution >= 0.6 is 11.6 Å². The molecule has 0 aliphatic carbocycles. The summed E-state index contributed by atoms with van der Waals surface area (Å²) >= 11 is 6.09. The molecular weight excluding hydrogens is 288 g/mol. The lowest BCUT2D eigenvalue weighted by molar-refractivity contribution is -0.151. The van der Waals surface area contributed by atoms with E-state index in [9.17, 15) is 9.59 Å². The quantitative estimate of drug-likeness (QED) is 0.870. The van der Waals surface area contributed by atoms with Gasteiger partial charge in [-0.2, -0.15) is 0 Å². The number of nitrogens with zero attached hydrogens (tertiary/aromatic N) is 1. The molecule has 1 aromatic rings. The smallest absolute Gasteiger partial charge is 0.251 e. The van der Waals surface area contributed by atoms with E-state index < -0.39 is 6.04 Å². The number of carbonyl (C=O) groups excluding carboxylic acids is 2. The lowest BCUT2D eigenvalue weighted by atomic mass is 9.86. The summed E-state index contributed by atoms with van der Waals surface area (Å²) in [4.78, 5) is 25.9. The van der Waals surface area contributed by atoms with Crippen LogP contribution in [0.15, 0.2) is 41.1 Å². The van der Waals surface area contributed by atoms with Crippen LogP contribution in [0.4, 0.5) is 0 Å². The second kappa shape index (κ2) is 5.53. The minimum absolute atomic E-state index is 0.0553. The topological polar surface area (TPSA) is 49.4 Å². The van der Waals surface area contributed by atoms with Gasteiger partial charge in [-0.05, 0) is 25.3 Å². The second-order valence-corrected chi connectivity index (χ2v) is 5.97. The fraction of sp³-hybridized carbons (Fsp3) is 0.375. The monoisotopic (exact) mass is 304 g/mol. The Balaban J connectivity index is 1.62. The van der Waals surface area contributed by atoms with E-state index in [1.165, 1.54) is 0 Å². The fourth-order valence-corrected chi connectivity index (χ4v) is 3.20. The van der Waals surface area contributed by atoms with Crippen LogP contribution in [0.3, 0.4) is 0 Å². The first-order valence-electron chi connectivity index (χ1n) is 7.09. The van der Waals surface area contributed by atoms with Crippen LogP contribution in [0.25, 0.3) is 0 Å². The Morgan fingerprint density at radius 2 is 2.10 bits per heavy atom. The normalized spacial score (nSPS) is 24.5. The van der Waals surface area contributed by atoms with E-state index >= 15 is 0 Å². The molecule has 2 aliphatic rings. The number of hydrogen-bond acceptors (Lipinski definition) is 2. The summed E-state index contributed by atoms with van der Waals surface area (Å²) in [6.07, 6.45) is 1.87. The number of nitrogens with one attached hydrogen (secondary N) is 1. The van der Waals surface area contributed by atoms with Crippen molar-refractivity contribution in [3.8, 4) is 0 Å². The first-order valence-corrected chi connectivity index (χ1v) is 7.47. The molecule has 0 saturated carbocycles. The number of benzene rings is 1. The highest BCUT2D eigenvalue weighted by atomic mass is 35.5. The number of amides is 2. The molecule has 3 rings (SSSR count). The van der Waals surface area contributed by atoms with Gasteiger partial charge in [0.05, 0.1) is 12.5 Å². The van der Waals surface area contributed by atoms with Crippen molar-refractivity contribution in [2.24, 2.45) is 0 Å². The first kappa shape index (κ1) is 14.1. The zero-order valence-corrected chi connectivity index (χ0v) is 12.6. The number of allylic oxidation sites excluding steroid dienone is 2. The van der Waals surface area contributed by atoms with Crippen molar-refractivity contribution in [3.05, 3.63) is 46.6 Å². The van der Waals surface area contributed by atoms with Crippen LogP contribution in [0, 0.1) is 0 Å². The molecule has 0 spiro atoms. The van der Waals surface area contributed by atoms with Gasteiger partial charge in [-0.25, -0.2) is 0 Å². The van der Waals surface area contributed by atoms with Gasteiger partial charge in [0.25, 0.3) is 5.91 Å². The molecule has 0 bridgehead atoms. The Morgan fingerprint density at radius 1 is 1.38 bits per heavy atom. The van der Waals surface area contributed by atoms with Gasteiger partial charge in [0.2, 0.25) is 5.91 Å². The minimum atomic E-state index is -0.402. The molecule has 1 aromatic carbocycles. The molecule has 2 unspecified atom stereocenters. The highest BCUT2D eigenvalue weighted by Crippen LogP contribution is 2.37. The lowest BCUT2D eigenvalue weighted by Crippen LogP contribution is -2.70. The van der Waals surface area contributed by atoms with E-state index in [2.05, 4.69) is 5.32 Å². The molecule has 2 aliphatic heterocycles. The Labute approximate surface area is 128 Å². The van der Waals surface area contributed by atoms with E-state index in [0.29, 0.717) is 6.42 Å². The molecular formula is C16H17ClN2O2. The standard InChI is InChI=1S/C16H17ClN2O2/c1-10-12(17)7-8-13-15(16(21)19(10)13)18-14(20)9-11-5-3-2-4-6-11/h2-6,13,15H,7-9H2,1H3,(H,18,20). The van der Waals surface area contributed by atoms with Gasteiger partial charge < -0.3 is 10.2 Å². The molecule has 0 aromatic heterocycles. The third-order valence-corrected chi connectivity index (χ3v) is 4.62. The predicted molar refractivity (Wildman–Crippen MR) is 80.5 cm³/mol. The molecule has 2 amide bonds. The molecule has 2 atom stereocenters. The van der Waals surface area contributed by atoms with Crippen LogP contribution in [0.5, 0.6) is 0 Å². The summed E-state index contributed by atoms with van der Waals surface area (Å²) in [5.74, 6) is -0.172. The molecule has 1 saturated heterocycles. The second-order valence-electron chi connectivity index (χ2n) is 5.51. The molecule has 5 heteroatoms. The summed E-state index contributed by atoms with van der Waals surface area (Å²) in [6.45, 7) is 1.86. The van der Waals surface area contributed by atoms with E-state index in [0.717, 1.165) is 29.1 Å². The third-order valence-electron chi connectivity index (χ3n) is 4.16. The Hall–Kier alpha value is -1.81.